The highest BCUT2D eigenvalue weighted by Crippen LogP contribution is 2.26. The van der Waals surface area contributed by atoms with E-state index in [4.69, 9.17) is 15.3 Å². The van der Waals surface area contributed by atoms with Crippen LogP contribution in [0.4, 0.5) is 0 Å². The molecule has 2 rings (SSSR count). The highest BCUT2D eigenvalue weighted by molar-refractivity contribution is 9.10. The molecule has 0 amide bonds. The van der Waals surface area contributed by atoms with Crippen LogP contribution in [0.2, 0.25) is 0 Å². The molecule has 0 aliphatic heterocycles. The van der Waals surface area contributed by atoms with E-state index in [2.05, 4.69) is 22.0 Å². The van der Waals surface area contributed by atoms with Crippen LogP contribution < -0.4 is 4.74 Å². The van der Waals surface area contributed by atoms with Crippen molar-refractivity contribution in [1.82, 2.24) is 0 Å². The quantitative estimate of drug-likeness (QED) is 0.744. The monoisotopic (exact) mass is 352 g/mol. The van der Waals surface area contributed by atoms with E-state index < -0.39 is 0 Å². The number of allylic oxidation sites excluding steroid dienone is 1. The molecule has 0 saturated heterocycles. The summed E-state index contributed by atoms with van der Waals surface area (Å²) in [7, 11) is 0. The number of hydrogen-bond donors (Lipinski definition) is 0. The molecule has 2 aromatic carbocycles. The maximum atomic E-state index is 8.89. The van der Waals surface area contributed by atoms with Crippen molar-refractivity contribution in [1.29, 1.82) is 10.5 Å². The highest BCUT2D eigenvalue weighted by Gasteiger charge is 2.05. The molecule has 0 unspecified atom stereocenters. The molecule has 3 nitrogen and oxygen atoms in total. The lowest BCUT2D eigenvalue weighted by molar-refractivity contribution is 0.305. The molecule has 22 heavy (non-hydrogen) atoms. The minimum absolute atomic E-state index is 0.0403. The second-order valence-corrected chi connectivity index (χ2v) is 5.66. The number of benzene rings is 2. The van der Waals surface area contributed by atoms with Crippen LogP contribution in [0.25, 0.3) is 6.08 Å². The lowest BCUT2D eigenvalue weighted by Gasteiger charge is -2.10. The zero-order chi connectivity index (χ0) is 15.9. The van der Waals surface area contributed by atoms with Gasteiger partial charge in [-0.25, -0.2) is 0 Å². The van der Waals surface area contributed by atoms with Gasteiger partial charge in [0.1, 0.15) is 30.1 Å². The van der Waals surface area contributed by atoms with E-state index in [-0.39, 0.29) is 5.57 Å². The first kappa shape index (κ1) is 15.8. The molecule has 2 aromatic rings. The minimum Gasteiger partial charge on any atom is -0.488 e. The van der Waals surface area contributed by atoms with Crippen molar-refractivity contribution in [3.8, 4) is 17.9 Å². The first-order valence-electron chi connectivity index (χ1n) is 6.62. The van der Waals surface area contributed by atoms with Crippen LogP contribution in [0.15, 0.2) is 52.5 Å². The normalized spacial score (nSPS) is 9.45. The first-order valence-corrected chi connectivity index (χ1v) is 7.41. The largest absolute Gasteiger partial charge is 0.488 e. The Morgan fingerprint density at radius 2 is 1.95 bits per heavy atom. The average molecular weight is 353 g/mol. The van der Waals surface area contributed by atoms with Crippen LogP contribution in [0.1, 0.15) is 16.7 Å². The number of hydrogen-bond acceptors (Lipinski definition) is 3. The molecule has 0 aromatic heterocycles. The number of rotatable bonds is 4. The molecule has 0 bridgehead atoms. The third kappa shape index (κ3) is 4.22. The van der Waals surface area contributed by atoms with Gasteiger partial charge >= 0.3 is 0 Å². The zero-order valence-electron chi connectivity index (χ0n) is 12.0. The molecule has 108 valence electrons. The van der Waals surface area contributed by atoms with Crippen LogP contribution in [-0.2, 0) is 6.61 Å². The zero-order valence-corrected chi connectivity index (χ0v) is 13.6. The molecule has 0 heterocycles. The van der Waals surface area contributed by atoms with E-state index in [1.807, 2.05) is 55.5 Å². The van der Waals surface area contributed by atoms with Crippen molar-refractivity contribution >= 4 is 22.0 Å². The van der Waals surface area contributed by atoms with Gasteiger partial charge < -0.3 is 4.74 Å². The highest BCUT2D eigenvalue weighted by atomic mass is 79.9. The van der Waals surface area contributed by atoms with E-state index in [1.165, 1.54) is 11.6 Å². The summed E-state index contributed by atoms with van der Waals surface area (Å²) in [5.74, 6) is 0.632. The molecular weight excluding hydrogens is 340 g/mol. The Labute approximate surface area is 138 Å². The fraction of sp³-hybridized carbons (Fsp3) is 0.111. The SMILES string of the molecule is Cc1cccc(COc2ccc(Br)cc2C=C(C#N)C#N)c1. The van der Waals surface area contributed by atoms with Gasteiger partial charge in [-0.2, -0.15) is 10.5 Å². The molecular formula is C18H13BrN2O. The summed E-state index contributed by atoms with van der Waals surface area (Å²) in [5.41, 5.74) is 2.98. The predicted octanol–water partition coefficient (Wildman–Crippen LogP) is 4.77. The Bertz CT molecular complexity index is 781. The second kappa shape index (κ2) is 7.45. The molecule has 0 spiro atoms. The summed E-state index contributed by atoms with van der Waals surface area (Å²) >= 11 is 3.39. The number of ether oxygens (including phenoxy) is 1. The molecule has 0 saturated carbocycles. The van der Waals surface area contributed by atoms with Crippen LogP contribution in [0, 0.1) is 29.6 Å². The first-order chi connectivity index (χ1) is 10.6. The van der Waals surface area contributed by atoms with Gasteiger partial charge in [0.2, 0.25) is 0 Å². The molecule has 0 N–H and O–H groups in total. The van der Waals surface area contributed by atoms with Crippen LogP contribution in [0.5, 0.6) is 5.75 Å². The number of aryl methyl sites for hydroxylation is 1. The van der Waals surface area contributed by atoms with Crippen molar-refractivity contribution < 1.29 is 4.74 Å². The Hall–Kier alpha value is -2.56. The Morgan fingerprint density at radius 1 is 1.18 bits per heavy atom. The summed E-state index contributed by atoms with van der Waals surface area (Å²) in [6, 6.07) is 17.3. The van der Waals surface area contributed by atoms with Crippen molar-refractivity contribution in [2.24, 2.45) is 0 Å². The van der Waals surface area contributed by atoms with Gasteiger partial charge in [0, 0.05) is 10.0 Å². The van der Waals surface area contributed by atoms with Gasteiger partial charge in [-0.1, -0.05) is 45.8 Å². The second-order valence-electron chi connectivity index (χ2n) is 4.74. The summed E-state index contributed by atoms with van der Waals surface area (Å²) in [5, 5.41) is 17.8. The number of nitrogens with zero attached hydrogens (tertiary/aromatic N) is 2. The Morgan fingerprint density at radius 3 is 2.64 bits per heavy atom. The van der Waals surface area contributed by atoms with Crippen molar-refractivity contribution in [3.05, 3.63) is 69.2 Å². The molecule has 0 radical (unpaired) electrons. The third-order valence-electron chi connectivity index (χ3n) is 2.99. The standard InChI is InChI=1S/C18H13BrN2O/c1-13-3-2-4-14(7-13)12-22-18-6-5-17(19)9-16(18)8-15(10-20)11-21/h2-9H,12H2,1H3. The van der Waals surface area contributed by atoms with Crippen molar-refractivity contribution in [3.63, 3.8) is 0 Å². The van der Waals surface area contributed by atoms with Crippen molar-refractivity contribution in [2.75, 3.05) is 0 Å². The topological polar surface area (TPSA) is 56.8 Å². The summed E-state index contributed by atoms with van der Waals surface area (Å²) in [6.07, 6.45) is 1.52. The Kier molecular flexibility index (Phi) is 5.36. The van der Waals surface area contributed by atoms with E-state index in [9.17, 15) is 0 Å². The molecule has 0 aliphatic carbocycles. The lowest BCUT2D eigenvalue weighted by Crippen LogP contribution is -1.97. The van der Waals surface area contributed by atoms with E-state index in [1.54, 1.807) is 0 Å². The van der Waals surface area contributed by atoms with Crippen LogP contribution >= 0.6 is 15.9 Å². The van der Waals surface area contributed by atoms with Gasteiger partial charge in [0.25, 0.3) is 0 Å². The van der Waals surface area contributed by atoms with Gasteiger partial charge in [-0.05, 0) is 36.8 Å². The molecule has 0 fully saturated rings. The van der Waals surface area contributed by atoms with E-state index >= 15 is 0 Å². The summed E-state index contributed by atoms with van der Waals surface area (Å²) < 4.78 is 6.70. The maximum absolute atomic E-state index is 8.89. The van der Waals surface area contributed by atoms with E-state index in [0.29, 0.717) is 17.9 Å². The molecule has 0 aliphatic rings. The molecule has 4 heteroatoms. The van der Waals surface area contributed by atoms with Gasteiger partial charge in [-0.15, -0.1) is 0 Å². The minimum atomic E-state index is 0.0403. The third-order valence-corrected chi connectivity index (χ3v) is 3.48. The van der Waals surface area contributed by atoms with Crippen molar-refractivity contribution in [2.45, 2.75) is 13.5 Å². The van der Waals surface area contributed by atoms with Gasteiger partial charge in [0.05, 0.1) is 0 Å². The average Bonchev–Trinajstić information content (AvgIpc) is 2.51. The van der Waals surface area contributed by atoms with Gasteiger partial charge in [-0.3, -0.25) is 0 Å². The summed E-state index contributed by atoms with van der Waals surface area (Å²) in [4.78, 5) is 0. The number of halogens is 1. The smallest absolute Gasteiger partial charge is 0.130 e. The number of nitriles is 2. The van der Waals surface area contributed by atoms with Gasteiger partial charge in [0.15, 0.2) is 0 Å². The summed E-state index contributed by atoms with van der Waals surface area (Å²) in [6.45, 7) is 2.46. The maximum Gasteiger partial charge on any atom is 0.130 e. The van der Waals surface area contributed by atoms with E-state index in [0.717, 1.165) is 10.0 Å². The fourth-order valence-electron chi connectivity index (χ4n) is 1.97. The predicted molar refractivity (Wildman–Crippen MR) is 88.9 cm³/mol. The molecule has 0 atom stereocenters. The van der Waals surface area contributed by atoms with Crippen LogP contribution in [0.3, 0.4) is 0 Å². The van der Waals surface area contributed by atoms with Crippen LogP contribution in [-0.4, -0.2) is 0 Å². The Balaban J connectivity index is 2.26. The fourth-order valence-corrected chi connectivity index (χ4v) is 2.35. The lowest BCUT2D eigenvalue weighted by atomic mass is 10.1.